The van der Waals surface area contributed by atoms with E-state index in [9.17, 15) is 4.39 Å². The molecule has 2 rings (SSSR count). The maximum absolute atomic E-state index is 13.7. The number of rotatable bonds is 3. The second-order valence-corrected chi connectivity index (χ2v) is 4.16. The van der Waals surface area contributed by atoms with Crippen LogP contribution in [0.25, 0.3) is 11.1 Å². The third-order valence-corrected chi connectivity index (χ3v) is 2.98. The fourth-order valence-corrected chi connectivity index (χ4v) is 1.86. The number of hydrogen-bond donors (Lipinski definition) is 2. The molecule has 0 unspecified atom stereocenters. The van der Waals surface area contributed by atoms with Gasteiger partial charge in [0.15, 0.2) is 0 Å². The molecule has 0 aliphatic carbocycles. The maximum Gasteiger partial charge on any atom is 0.488 e. The summed E-state index contributed by atoms with van der Waals surface area (Å²) in [5.41, 5.74) is 2.75. The zero-order valence-corrected chi connectivity index (χ0v) is 10.1. The van der Waals surface area contributed by atoms with Crippen molar-refractivity contribution in [2.24, 2.45) is 0 Å². The third-order valence-electron chi connectivity index (χ3n) is 2.98. The first-order chi connectivity index (χ1) is 8.61. The monoisotopic (exact) mass is 244 g/mol. The number of hydrogen-bond acceptors (Lipinski definition) is 2. The zero-order chi connectivity index (χ0) is 13.1. The molecule has 0 aliphatic heterocycles. The lowest BCUT2D eigenvalue weighted by Gasteiger charge is -2.06. The fraction of sp³-hybridized carbons (Fsp3) is 0.143. The smallest absolute Gasteiger partial charge is 0.423 e. The zero-order valence-electron chi connectivity index (χ0n) is 10.1. The van der Waals surface area contributed by atoms with Crippen LogP contribution in [-0.2, 0) is 6.42 Å². The SMILES string of the molecule is CCc1ccc(-c2ccc(B(O)O)cc2)cc1F. The van der Waals surface area contributed by atoms with Crippen molar-refractivity contribution in [3.63, 3.8) is 0 Å². The molecule has 0 saturated heterocycles. The van der Waals surface area contributed by atoms with Crippen molar-refractivity contribution in [1.82, 2.24) is 0 Å². The predicted octanol–water partition coefficient (Wildman–Crippen LogP) is 1.73. The van der Waals surface area contributed by atoms with Gasteiger partial charge in [0.2, 0.25) is 0 Å². The van der Waals surface area contributed by atoms with Gasteiger partial charge in [-0.2, -0.15) is 0 Å². The molecule has 0 atom stereocenters. The van der Waals surface area contributed by atoms with Gasteiger partial charge >= 0.3 is 7.12 Å². The summed E-state index contributed by atoms with van der Waals surface area (Å²) >= 11 is 0. The lowest BCUT2D eigenvalue weighted by Crippen LogP contribution is -2.29. The van der Waals surface area contributed by atoms with E-state index in [0.717, 1.165) is 11.1 Å². The minimum Gasteiger partial charge on any atom is -0.423 e. The van der Waals surface area contributed by atoms with Gasteiger partial charge < -0.3 is 10.0 Å². The molecule has 0 aromatic heterocycles. The normalized spacial score (nSPS) is 10.4. The van der Waals surface area contributed by atoms with E-state index >= 15 is 0 Å². The predicted molar refractivity (Wildman–Crippen MR) is 71.0 cm³/mol. The van der Waals surface area contributed by atoms with E-state index in [-0.39, 0.29) is 5.82 Å². The molecule has 0 heterocycles. The maximum atomic E-state index is 13.7. The van der Waals surface area contributed by atoms with Crippen LogP contribution in [0.1, 0.15) is 12.5 Å². The van der Waals surface area contributed by atoms with Crippen molar-refractivity contribution < 1.29 is 14.4 Å². The summed E-state index contributed by atoms with van der Waals surface area (Å²) in [7, 11) is -1.47. The Labute approximate surface area is 106 Å². The van der Waals surface area contributed by atoms with Crippen LogP contribution < -0.4 is 5.46 Å². The van der Waals surface area contributed by atoms with Crippen LogP contribution in [0, 0.1) is 5.82 Å². The first kappa shape index (κ1) is 12.8. The van der Waals surface area contributed by atoms with Gasteiger partial charge in [0.1, 0.15) is 5.82 Å². The second kappa shape index (κ2) is 5.33. The molecule has 0 aliphatic rings. The van der Waals surface area contributed by atoms with E-state index in [0.29, 0.717) is 17.4 Å². The van der Waals surface area contributed by atoms with Crippen molar-refractivity contribution >= 4 is 12.6 Å². The average Bonchev–Trinajstić information content (AvgIpc) is 2.38. The summed E-state index contributed by atoms with van der Waals surface area (Å²) in [5, 5.41) is 18.0. The topological polar surface area (TPSA) is 40.5 Å². The van der Waals surface area contributed by atoms with Crippen LogP contribution >= 0.6 is 0 Å². The molecule has 2 nitrogen and oxygen atoms in total. The molecule has 18 heavy (non-hydrogen) atoms. The summed E-state index contributed by atoms with van der Waals surface area (Å²) in [5.74, 6) is -0.207. The summed E-state index contributed by atoms with van der Waals surface area (Å²) < 4.78 is 13.7. The Morgan fingerprint density at radius 3 is 2.11 bits per heavy atom. The minimum atomic E-state index is -1.47. The van der Waals surface area contributed by atoms with Crippen molar-refractivity contribution in [1.29, 1.82) is 0 Å². The largest absolute Gasteiger partial charge is 0.488 e. The lowest BCUT2D eigenvalue weighted by molar-refractivity contribution is 0.426. The van der Waals surface area contributed by atoms with Crippen LogP contribution in [0.4, 0.5) is 4.39 Å². The first-order valence-electron chi connectivity index (χ1n) is 5.86. The second-order valence-electron chi connectivity index (χ2n) is 4.16. The molecule has 2 aromatic carbocycles. The van der Waals surface area contributed by atoms with Crippen molar-refractivity contribution in [2.75, 3.05) is 0 Å². The standard InChI is InChI=1S/C14H14BFO2/c1-2-10-3-4-12(9-14(10)16)11-5-7-13(8-6-11)15(17)18/h3-9,17-18H,2H2,1H3. The van der Waals surface area contributed by atoms with Crippen LogP contribution in [0.3, 0.4) is 0 Å². The highest BCUT2D eigenvalue weighted by Crippen LogP contribution is 2.21. The molecule has 0 spiro atoms. The summed E-state index contributed by atoms with van der Waals surface area (Å²) in [6.07, 6.45) is 0.668. The molecule has 0 saturated carbocycles. The van der Waals surface area contributed by atoms with Crippen molar-refractivity contribution in [3.05, 3.63) is 53.8 Å². The first-order valence-corrected chi connectivity index (χ1v) is 5.86. The van der Waals surface area contributed by atoms with E-state index < -0.39 is 7.12 Å². The number of aryl methyl sites for hydroxylation is 1. The molecule has 92 valence electrons. The van der Waals surface area contributed by atoms with Crippen molar-refractivity contribution in [2.45, 2.75) is 13.3 Å². The molecular weight excluding hydrogens is 230 g/mol. The Kier molecular flexibility index (Phi) is 3.79. The van der Waals surface area contributed by atoms with Crippen LogP contribution in [0.2, 0.25) is 0 Å². The molecule has 4 heteroatoms. The lowest BCUT2D eigenvalue weighted by atomic mass is 9.80. The van der Waals surface area contributed by atoms with Gasteiger partial charge in [0.05, 0.1) is 0 Å². The highest BCUT2D eigenvalue weighted by Gasteiger charge is 2.10. The van der Waals surface area contributed by atoms with Gasteiger partial charge in [-0.1, -0.05) is 43.3 Å². The Balaban J connectivity index is 2.34. The van der Waals surface area contributed by atoms with Crippen LogP contribution in [0.5, 0.6) is 0 Å². The molecule has 2 N–H and O–H groups in total. The molecule has 2 aromatic rings. The molecule has 0 bridgehead atoms. The quantitative estimate of drug-likeness (QED) is 0.807. The van der Waals surface area contributed by atoms with Crippen LogP contribution in [0.15, 0.2) is 42.5 Å². The molecular formula is C14H14BFO2. The van der Waals surface area contributed by atoms with Gasteiger partial charge in [-0.05, 0) is 34.6 Å². The Morgan fingerprint density at radius 1 is 1.00 bits per heavy atom. The molecule has 0 amide bonds. The van der Waals surface area contributed by atoms with Gasteiger partial charge in [-0.15, -0.1) is 0 Å². The van der Waals surface area contributed by atoms with Gasteiger partial charge in [-0.3, -0.25) is 0 Å². The summed E-state index contributed by atoms with van der Waals surface area (Å²) in [6, 6.07) is 11.9. The van der Waals surface area contributed by atoms with Crippen molar-refractivity contribution in [3.8, 4) is 11.1 Å². The fourth-order valence-electron chi connectivity index (χ4n) is 1.86. The highest BCUT2D eigenvalue weighted by molar-refractivity contribution is 6.58. The van der Waals surface area contributed by atoms with E-state index in [1.165, 1.54) is 6.07 Å². The number of benzene rings is 2. The Morgan fingerprint density at radius 2 is 1.61 bits per heavy atom. The van der Waals surface area contributed by atoms with E-state index in [4.69, 9.17) is 10.0 Å². The van der Waals surface area contributed by atoms with E-state index in [2.05, 4.69) is 0 Å². The van der Waals surface area contributed by atoms with Crippen LogP contribution in [-0.4, -0.2) is 17.2 Å². The van der Waals surface area contributed by atoms with Gasteiger partial charge in [0, 0.05) is 0 Å². The molecule has 0 radical (unpaired) electrons. The van der Waals surface area contributed by atoms with E-state index in [1.54, 1.807) is 30.3 Å². The summed E-state index contributed by atoms with van der Waals surface area (Å²) in [6.45, 7) is 1.91. The average molecular weight is 244 g/mol. The third kappa shape index (κ3) is 2.60. The number of halogens is 1. The Hall–Kier alpha value is -1.65. The summed E-state index contributed by atoms with van der Waals surface area (Å²) in [4.78, 5) is 0. The van der Waals surface area contributed by atoms with Gasteiger partial charge in [-0.25, -0.2) is 4.39 Å². The Bertz CT molecular complexity index is 538. The highest BCUT2D eigenvalue weighted by atomic mass is 19.1. The van der Waals surface area contributed by atoms with Gasteiger partial charge in [0.25, 0.3) is 0 Å². The minimum absolute atomic E-state index is 0.207. The van der Waals surface area contributed by atoms with E-state index in [1.807, 2.05) is 13.0 Å². The molecule has 0 fully saturated rings.